The number of hydrogen-bond acceptors (Lipinski definition) is 2. The van der Waals surface area contributed by atoms with Gasteiger partial charge in [-0.1, -0.05) is 12.2 Å². The standard InChI is InChI=1S/C6H9NO2/c1-3-2-4(7)5(3)6(8)9/h4-5H,1-2,7H2,(H,8,9). The van der Waals surface area contributed by atoms with Gasteiger partial charge in [0.1, 0.15) is 0 Å². The summed E-state index contributed by atoms with van der Waals surface area (Å²) < 4.78 is 0. The molecule has 1 aliphatic rings. The maximum absolute atomic E-state index is 10.3. The third kappa shape index (κ3) is 0.833. The van der Waals surface area contributed by atoms with Crippen molar-refractivity contribution in [3.8, 4) is 0 Å². The Balaban J connectivity index is 2.59. The van der Waals surface area contributed by atoms with Gasteiger partial charge in [0.05, 0.1) is 5.92 Å². The molecule has 0 aromatic carbocycles. The van der Waals surface area contributed by atoms with Crippen LogP contribution in [0.5, 0.6) is 0 Å². The Bertz CT molecular complexity index is 156. The Morgan fingerprint density at radius 1 is 1.89 bits per heavy atom. The van der Waals surface area contributed by atoms with Crippen LogP contribution in [-0.4, -0.2) is 17.1 Å². The fourth-order valence-electron chi connectivity index (χ4n) is 1.05. The van der Waals surface area contributed by atoms with Crippen LogP contribution in [0, 0.1) is 5.92 Å². The number of carboxylic acid groups (broad SMARTS) is 1. The van der Waals surface area contributed by atoms with E-state index < -0.39 is 11.9 Å². The molecule has 3 heteroatoms. The number of nitrogens with two attached hydrogens (primary N) is 1. The Kier molecular flexibility index (Phi) is 1.29. The van der Waals surface area contributed by atoms with Gasteiger partial charge in [-0.3, -0.25) is 4.79 Å². The average molecular weight is 127 g/mol. The molecule has 1 rings (SSSR count). The SMILES string of the molecule is C=C1CC(N)C1C(=O)O. The lowest BCUT2D eigenvalue weighted by Crippen LogP contribution is -2.45. The molecule has 1 fully saturated rings. The van der Waals surface area contributed by atoms with E-state index in [4.69, 9.17) is 10.8 Å². The summed E-state index contributed by atoms with van der Waals surface area (Å²) in [6.45, 7) is 3.55. The first-order valence-electron chi connectivity index (χ1n) is 2.79. The van der Waals surface area contributed by atoms with Crippen molar-refractivity contribution in [2.75, 3.05) is 0 Å². The predicted octanol–water partition coefficient (Wildman–Crippen LogP) is -0.0256. The molecule has 1 aliphatic carbocycles. The molecule has 3 nitrogen and oxygen atoms in total. The zero-order valence-electron chi connectivity index (χ0n) is 5.00. The van der Waals surface area contributed by atoms with Crippen LogP contribution >= 0.6 is 0 Å². The molecule has 2 atom stereocenters. The molecule has 0 saturated heterocycles. The summed E-state index contributed by atoms with van der Waals surface area (Å²) in [7, 11) is 0. The van der Waals surface area contributed by atoms with E-state index in [1.165, 1.54) is 0 Å². The zero-order chi connectivity index (χ0) is 7.02. The molecule has 0 heterocycles. The molecule has 9 heavy (non-hydrogen) atoms. The van der Waals surface area contributed by atoms with E-state index in [0.29, 0.717) is 6.42 Å². The van der Waals surface area contributed by atoms with E-state index in [0.717, 1.165) is 5.57 Å². The second-order valence-electron chi connectivity index (χ2n) is 2.34. The van der Waals surface area contributed by atoms with Crippen molar-refractivity contribution in [1.82, 2.24) is 0 Å². The fraction of sp³-hybridized carbons (Fsp3) is 0.500. The van der Waals surface area contributed by atoms with E-state index in [9.17, 15) is 4.79 Å². The van der Waals surface area contributed by atoms with Gasteiger partial charge >= 0.3 is 5.97 Å². The average Bonchev–Trinajstić information content (AvgIpc) is 1.62. The maximum Gasteiger partial charge on any atom is 0.312 e. The summed E-state index contributed by atoms with van der Waals surface area (Å²) in [5, 5.41) is 8.43. The van der Waals surface area contributed by atoms with Gasteiger partial charge in [0.15, 0.2) is 0 Å². The monoisotopic (exact) mass is 127 g/mol. The number of hydrogen-bond donors (Lipinski definition) is 2. The highest BCUT2D eigenvalue weighted by Crippen LogP contribution is 2.30. The molecular weight excluding hydrogens is 118 g/mol. The minimum absolute atomic E-state index is 0.199. The first-order valence-corrected chi connectivity index (χ1v) is 2.79. The van der Waals surface area contributed by atoms with Crippen molar-refractivity contribution in [2.45, 2.75) is 12.5 Å². The van der Waals surface area contributed by atoms with Crippen LogP contribution in [0.1, 0.15) is 6.42 Å². The highest BCUT2D eigenvalue weighted by atomic mass is 16.4. The predicted molar refractivity (Wildman–Crippen MR) is 32.9 cm³/mol. The van der Waals surface area contributed by atoms with Crippen LogP contribution in [0.25, 0.3) is 0 Å². The van der Waals surface area contributed by atoms with Gasteiger partial charge in [-0.15, -0.1) is 0 Å². The minimum atomic E-state index is -0.848. The summed E-state index contributed by atoms with van der Waals surface area (Å²) in [5.41, 5.74) is 6.12. The van der Waals surface area contributed by atoms with Crippen molar-refractivity contribution in [2.24, 2.45) is 11.7 Å². The summed E-state index contributed by atoms with van der Waals surface area (Å²) >= 11 is 0. The van der Waals surface area contributed by atoms with Gasteiger partial charge in [0.2, 0.25) is 0 Å². The van der Waals surface area contributed by atoms with Gasteiger partial charge in [-0.25, -0.2) is 0 Å². The van der Waals surface area contributed by atoms with Crippen molar-refractivity contribution >= 4 is 5.97 Å². The quantitative estimate of drug-likeness (QED) is 0.486. The maximum atomic E-state index is 10.3. The minimum Gasteiger partial charge on any atom is -0.481 e. The Labute approximate surface area is 53.2 Å². The zero-order valence-corrected chi connectivity index (χ0v) is 5.00. The van der Waals surface area contributed by atoms with Crippen molar-refractivity contribution in [3.63, 3.8) is 0 Å². The van der Waals surface area contributed by atoms with Crippen LogP contribution < -0.4 is 5.73 Å². The molecule has 0 aromatic heterocycles. The summed E-state index contributed by atoms with van der Waals surface area (Å²) in [5.74, 6) is -1.33. The van der Waals surface area contributed by atoms with Crippen molar-refractivity contribution < 1.29 is 9.90 Å². The molecule has 50 valence electrons. The van der Waals surface area contributed by atoms with E-state index in [1.54, 1.807) is 0 Å². The van der Waals surface area contributed by atoms with Crippen LogP contribution in [-0.2, 0) is 4.79 Å². The second kappa shape index (κ2) is 1.84. The van der Waals surface area contributed by atoms with E-state index in [-0.39, 0.29) is 6.04 Å². The van der Waals surface area contributed by atoms with Crippen molar-refractivity contribution in [3.05, 3.63) is 12.2 Å². The Hall–Kier alpha value is -0.830. The molecule has 0 amide bonds. The molecule has 3 N–H and O–H groups in total. The third-order valence-corrected chi connectivity index (χ3v) is 1.63. The van der Waals surface area contributed by atoms with Crippen LogP contribution in [0.15, 0.2) is 12.2 Å². The lowest BCUT2D eigenvalue weighted by atomic mass is 9.76. The van der Waals surface area contributed by atoms with Crippen molar-refractivity contribution in [1.29, 1.82) is 0 Å². The molecular formula is C6H9NO2. The smallest absolute Gasteiger partial charge is 0.312 e. The van der Waals surface area contributed by atoms with Gasteiger partial charge < -0.3 is 10.8 Å². The molecule has 0 radical (unpaired) electrons. The van der Waals surface area contributed by atoms with Gasteiger partial charge in [0.25, 0.3) is 0 Å². The first-order chi connectivity index (χ1) is 4.13. The van der Waals surface area contributed by atoms with Crippen LogP contribution in [0.4, 0.5) is 0 Å². The molecule has 0 aromatic rings. The summed E-state index contributed by atoms with van der Waals surface area (Å²) in [6, 6.07) is -0.199. The largest absolute Gasteiger partial charge is 0.481 e. The molecule has 1 saturated carbocycles. The number of rotatable bonds is 1. The second-order valence-corrected chi connectivity index (χ2v) is 2.34. The normalized spacial score (nSPS) is 33.7. The molecule has 0 aliphatic heterocycles. The van der Waals surface area contributed by atoms with Gasteiger partial charge in [-0.05, 0) is 6.42 Å². The lowest BCUT2D eigenvalue weighted by Gasteiger charge is -2.32. The fourth-order valence-corrected chi connectivity index (χ4v) is 1.05. The van der Waals surface area contributed by atoms with E-state index >= 15 is 0 Å². The van der Waals surface area contributed by atoms with E-state index in [2.05, 4.69) is 6.58 Å². The third-order valence-electron chi connectivity index (χ3n) is 1.63. The number of aliphatic carboxylic acids is 1. The first kappa shape index (κ1) is 6.29. The van der Waals surface area contributed by atoms with E-state index in [1.807, 2.05) is 0 Å². The lowest BCUT2D eigenvalue weighted by molar-refractivity contribution is -0.142. The summed E-state index contributed by atoms with van der Waals surface area (Å²) in [6.07, 6.45) is 0.664. The molecule has 2 unspecified atom stereocenters. The highest BCUT2D eigenvalue weighted by molar-refractivity contribution is 5.76. The topological polar surface area (TPSA) is 63.3 Å². The van der Waals surface area contributed by atoms with Crippen LogP contribution in [0.2, 0.25) is 0 Å². The Morgan fingerprint density at radius 2 is 2.44 bits per heavy atom. The van der Waals surface area contributed by atoms with Gasteiger partial charge in [0, 0.05) is 6.04 Å². The molecule has 0 spiro atoms. The van der Waals surface area contributed by atoms with Gasteiger partial charge in [-0.2, -0.15) is 0 Å². The Morgan fingerprint density at radius 3 is 2.56 bits per heavy atom. The molecule has 0 bridgehead atoms. The number of carboxylic acids is 1. The highest BCUT2D eigenvalue weighted by Gasteiger charge is 2.37. The number of carbonyl (C=O) groups is 1. The summed E-state index contributed by atoms with van der Waals surface area (Å²) in [4.78, 5) is 10.3. The van der Waals surface area contributed by atoms with Crippen LogP contribution in [0.3, 0.4) is 0 Å².